The minimum atomic E-state index is -3.72. The Morgan fingerprint density at radius 1 is 1.40 bits per heavy atom. The lowest BCUT2D eigenvalue weighted by atomic mass is 10.2. The third kappa shape index (κ3) is 5.40. The van der Waals surface area contributed by atoms with Gasteiger partial charge >= 0.3 is 0 Å². The van der Waals surface area contributed by atoms with Crippen molar-refractivity contribution in [2.75, 3.05) is 6.54 Å². The zero-order valence-corrected chi connectivity index (χ0v) is 12.8. The molecule has 0 aromatic carbocycles. The fourth-order valence-electron chi connectivity index (χ4n) is 1.27. The van der Waals surface area contributed by atoms with Crippen molar-refractivity contribution in [1.29, 1.82) is 0 Å². The van der Waals surface area contributed by atoms with E-state index in [1.807, 2.05) is 13.8 Å². The molecule has 9 heteroatoms. The van der Waals surface area contributed by atoms with Gasteiger partial charge in [-0.15, -0.1) is 0 Å². The van der Waals surface area contributed by atoms with E-state index in [0.717, 1.165) is 18.8 Å². The van der Waals surface area contributed by atoms with Crippen molar-refractivity contribution < 1.29 is 13.2 Å². The van der Waals surface area contributed by atoms with E-state index in [1.165, 1.54) is 0 Å². The lowest BCUT2D eigenvalue weighted by molar-refractivity contribution is -0.121. The van der Waals surface area contributed by atoms with Crippen molar-refractivity contribution in [3.05, 3.63) is 17.7 Å². The molecule has 112 valence electrons. The minimum absolute atomic E-state index is 0.00717. The first-order valence-electron chi connectivity index (χ1n) is 6.11. The quantitative estimate of drug-likeness (QED) is 0.721. The second-order valence-corrected chi connectivity index (χ2v) is 6.32. The van der Waals surface area contributed by atoms with E-state index in [4.69, 9.17) is 11.6 Å². The van der Waals surface area contributed by atoms with Crippen LogP contribution in [0.3, 0.4) is 0 Å². The number of halogens is 1. The normalized spacial score (nSPS) is 12.9. The highest BCUT2D eigenvalue weighted by atomic mass is 35.5. The van der Waals surface area contributed by atoms with Crippen molar-refractivity contribution in [2.24, 2.45) is 0 Å². The van der Waals surface area contributed by atoms with E-state index in [0.29, 0.717) is 0 Å². The summed E-state index contributed by atoms with van der Waals surface area (Å²) in [5.41, 5.74) is 0. The molecule has 0 aliphatic heterocycles. The van der Waals surface area contributed by atoms with Crippen LogP contribution < -0.4 is 10.0 Å². The number of carbonyl (C=O) groups excluding carboxylic acids is 1. The number of carbonyl (C=O) groups is 1. The van der Waals surface area contributed by atoms with Gasteiger partial charge < -0.3 is 5.32 Å². The van der Waals surface area contributed by atoms with Crippen LogP contribution >= 0.6 is 11.6 Å². The number of nitrogens with zero attached hydrogens (tertiary/aromatic N) is 2. The molecule has 1 amide bonds. The first-order valence-corrected chi connectivity index (χ1v) is 7.98. The van der Waals surface area contributed by atoms with Gasteiger partial charge in [0, 0.05) is 19.0 Å². The van der Waals surface area contributed by atoms with Gasteiger partial charge in [0.2, 0.25) is 21.2 Å². The highest BCUT2D eigenvalue weighted by molar-refractivity contribution is 7.89. The van der Waals surface area contributed by atoms with E-state index in [1.54, 1.807) is 0 Å². The van der Waals surface area contributed by atoms with Crippen LogP contribution in [-0.2, 0) is 14.8 Å². The first-order chi connectivity index (χ1) is 9.35. The Kier molecular flexibility index (Phi) is 6.31. The molecule has 0 saturated heterocycles. The topological polar surface area (TPSA) is 101 Å². The van der Waals surface area contributed by atoms with Crippen LogP contribution in [0.4, 0.5) is 0 Å². The monoisotopic (exact) mass is 320 g/mol. The molecule has 0 fully saturated rings. The molecule has 0 saturated carbocycles. The molecule has 20 heavy (non-hydrogen) atoms. The van der Waals surface area contributed by atoms with Crippen molar-refractivity contribution >= 4 is 27.5 Å². The maximum Gasteiger partial charge on any atom is 0.243 e. The highest BCUT2D eigenvalue weighted by Crippen LogP contribution is 2.07. The molecule has 0 aliphatic rings. The largest absolute Gasteiger partial charge is 0.354 e. The van der Waals surface area contributed by atoms with Gasteiger partial charge in [-0.3, -0.25) is 4.79 Å². The van der Waals surface area contributed by atoms with Crippen molar-refractivity contribution in [1.82, 2.24) is 20.0 Å². The molecule has 1 unspecified atom stereocenters. The summed E-state index contributed by atoms with van der Waals surface area (Å²) in [6.07, 6.45) is 3.10. The van der Waals surface area contributed by atoms with E-state index in [2.05, 4.69) is 20.0 Å². The molecular formula is C11H17ClN4O3S. The SMILES string of the molecule is CCC(C)NC(=O)CCNS(=O)(=O)c1cnc(Cl)nc1. The molecule has 1 heterocycles. The molecule has 2 N–H and O–H groups in total. The zero-order chi connectivity index (χ0) is 15.2. The second-order valence-electron chi connectivity index (χ2n) is 4.21. The van der Waals surface area contributed by atoms with Crippen LogP contribution in [0.2, 0.25) is 5.28 Å². The molecule has 7 nitrogen and oxygen atoms in total. The Balaban J connectivity index is 2.48. The highest BCUT2D eigenvalue weighted by Gasteiger charge is 2.15. The van der Waals surface area contributed by atoms with E-state index >= 15 is 0 Å². The Bertz CT molecular complexity index is 547. The minimum Gasteiger partial charge on any atom is -0.354 e. The lowest BCUT2D eigenvalue weighted by Gasteiger charge is -2.11. The molecule has 0 aliphatic carbocycles. The zero-order valence-electron chi connectivity index (χ0n) is 11.3. The summed E-state index contributed by atoms with van der Waals surface area (Å²) in [6, 6.07) is 0.0729. The molecule has 0 bridgehead atoms. The molecule has 0 spiro atoms. The fraction of sp³-hybridized carbons (Fsp3) is 0.545. The summed E-state index contributed by atoms with van der Waals surface area (Å²) < 4.78 is 26.0. The Labute approximate surface area is 123 Å². The van der Waals surface area contributed by atoms with Gasteiger partial charge in [0.15, 0.2) is 0 Å². The van der Waals surface area contributed by atoms with Crippen LogP contribution in [0.1, 0.15) is 26.7 Å². The number of rotatable bonds is 7. The molecule has 1 aromatic heterocycles. The summed E-state index contributed by atoms with van der Waals surface area (Å²) >= 11 is 5.48. The Hall–Kier alpha value is -1.25. The maximum absolute atomic E-state index is 11.8. The van der Waals surface area contributed by atoms with Gasteiger partial charge in [0.1, 0.15) is 4.90 Å². The average Bonchev–Trinajstić information content (AvgIpc) is 2.38. The lowest BCUT2D eigenvalue weighted by Crippen LogP contribution is -2.35. The third-order valence-electron chi connectivity index (χ3n) is 2.57. The summed E-state index contributed by atoms with van der Waals surface area (Å²) in [5, 5.41) is 2.72. The van der Waals surface area contributed by atoms with E-state index in [9.17, 15) is 13.2 Å². The smallest absolute Gasteiger partial charge is 0.243 e. The van der Waals surface area contributed by atoms with Crippen molar-refractivity contribution in [2.45, 2.75) is 37.6 Å². The summed E-state index contributed by atoms with van der Waals surface area (Å²) in [7, 11) is -3.72. The first kappa shape index (κ1) is 16.8. The average molecular weight is 321 g/mol. The Morgan fingerprint density at radius 3 is 2.55 bits per heavy atom. The van der Waals surface area contributed by atoms with Crippen LogP contribution in [0.25, 0.3) is 0 Å². The number of sulfonamides is 1. The van der Waals surface area contributed by atoms with Gasteiger partial charge in [0.25, 0.3) is 0 Å². The summed E-state index contributed by atoms with van der Waals surface area (Å²) in [5.74, 6) is -0.200. The number of aromatic nitrogens is 2. The summed E-state index contributed by atoms with van der Waals surface area (Å²) in [4.78, 5) is 18.6. The predicted molar refractivity (Wildman–Crippen MR) is 74.7 cm³/mol. The summed E-state index contributed by atoms with van der Waals surface area (Å²) in [6.45, 7) is 3.84. The van der Waals surface area contributed by atoms with Gasteiger partial charge in [-0.1, -0.05) is 6.92 Å². The van der Waals surface area contributed by atoms with Crippen molar-refractivity contribution in [3.63, 3.8) is 0 Å². The van der Waals surface area contributed by atoms with Crippen LogP contribution in [0.5, 0.6) is 0 Å². The Morgan fingerprint density at radius 2 is 2.00 bits per heavy atom. The van der Waals surface area contributed by atoms with E-state index < -0.39 is 10.0 Å². The van der Waals surface area contributed by atoms with Gasteiger partial charge in [-0.25, -0.2) is 23.1 Å². The predicted octanol–water partition coefficient (Wildman–Crippen LogP) is 0.713. The third-order valence-corrected chi connectivity index (χ3v) is 4.18. The van der Waals surface area contributed by atoms with Gasteiger partial charge in [-0.05, 0) is 24.9 Å². The van der Waals surface area contributed by atoms with Crippen LogP contribution in [0.15, 0.2) is 17.3 Å². The van der Waals surface area contributed by atoms with E-state index in [-0.39, 0.29) is 35.1 Å². The van der Waals surface area contributed by atoms with Crippen LogP contribution in [-0.4, -0.2) is 36.9 Å². The molecule has 1 aromatic rings. The fourth-order valence-corrected chi connectivity index (χ4v) is 2.29. The van der Waals surface area contributed by atoms with Gasteiger partial charge in [-0.2, -0.15) is 0 Å². The van der Waals surface area contributed by atoms with Crippen molar-refractivity contribution in [3.8, 4) is 0 Å². The standard InChI is InChI=1S/C11H17ClN4O3S/c1-3-8(2)16-10(17)4-5-15-20(18,19)9-6-13-11(12)14-7-9/h6-8,15H,3-5H2,1-2H3,(H,16,17). The second kappa shape index (κ2) is 7.51. The number of hydrogen-bond donors (Lipinski definition) is 2. The maximum atomic E-state index is 11.8. The molecule has 1 atom stereocenters. The number of hydrogen-bond acceptors (Lipinski definition) is 5. The number of nitrogens with one attached hydrogen (secondary N) is 2. The van der Waals surface area contributed by atoms with Gasteiger partial charge in [0.05, 0.1) is 12.4 Å². The number of amides is 1. The molecular weight excluding hydrogens is 304 g/mol. The van der Waals surface area contributed by atoms with Crippen LogP contribution in [0, 0.1) is 0 Å². The molecule has 1 rings (SSSR count). The molecule has 0 radical (unpaired) electrons.